The van der Waals surface area contributed by atoms with E-state index in [4.69, 9.17) is 0 Å². The van der Waals surface area contributed by atoms with Gasteiger partial charge in [0.05, 0.1) is 0 Å². The van der Waals surface area contributed by atoms with Gasteiger partial charge in [-0.05, 0) is 12.3 Å². The topological polar surface area (TPSA) is 92.3 Å². The Morgan fingerprint density at radius 3 is 2.46 bits per heavy atom. The molecule has 1 unspecified atom stereocenters. The number of carbonyl (C=O) groups is 4. The van der Waals surface area contributed by atoms with E-state index in [2.05, 4.69) is 10.6 Å². The fourth-order valence-electron chi connectivity index (χ4n) is 2.68. The number of hydrogen-bond acceptors (Lipinski definition) is 4. The number of ketones is 1. The summed E-state index contributed by atoms with van der Waals surface area (Å²) in [6.07, 6.45) is 0.570. The van der Waals surface area contributed by atoms with Gasteiger partial charge in [0.2, 0.25) is 17.7 Å². The first kappa shape index (κ1) is 17.8. The lowest BCUT2D eigenvalue weighted by molar-refractivity contribution is -0.138. The third-order valence-corrected chi connectivity index (χ3v) is 4.20. The molecule has 24 heavy (non-hydrogen) atoms. The Morgan fingerprint density at radius 2 is 1.88 bits per heavy atom. The molecule has 6 nitrogen and oxygen atoms in total. The number of imide groups is 1. The number of piperidine rings is 1. The van der Waals surface area contributed by atoms with Gasteiger partial charge in [-0.1, -0.05) is 44.2 Å². The van der Waals surface area contributed by atoms with E-state index >= 15 is 0 Å². The van der Waals surface area contributed by atoms with E-state index in [9.17, 15) is 19.2 Å². The molecule has 128 valence electrons. The molecule has 2 rings (SSSR count). The normalized spacial score (nSPS) is 18.9. The first-order valence-corrected chi connectivity index (χ1v) is 8.10. The van der Waals surface area contributed by atoms with Gasteiger partial charge in [-0.3, -0.25) is 24.5 Å². The van der Waals surface area contributed by atoms with Crippen molar-refractivity contribution < 1.29 is 19.2 Å². The maximum absolute atomic E-state index is 12.5. The fraction of sp³-hybridized carbons (Fsp3) is 0.444. The second-order valence-electron chi connectivity index (χ2n) is 6.36. The summed E-state index contributed by atoms with van der Waals surface area (Å²) < 4.78 is 0. The Balaban J connectivity index is 2.01. The molecule has 1 fully saturated rings. The van der Waals surface area contributed by atoms with Crippen LogP contribution in [0.3, 0.4) is 0 Å². The van der Waals surface area contributed by atoms with E-state index in [0.29, 0.717) is 5.56 Å². The standard InChI is InChI=1S/C18H22N2O4/c1-11(2)13(10-15(21)12-6-4-3-5-7-12)17(23)19-14-8-9-16(22)20-18(14)24/h3-7,11,13-14H,8-10H2,1-2H3,(H,19,23)(H,20,22,24)/t13-,14?/m0/s1. The van der Waals surface area contributed by atoms with Crippen LogP contribution in [0.2, 0.25) is 0 Å². The predicted octanol–water partition coefficient (Wildman–Crippen LogP) is 1.45. The molecule has 0 bridgehead atoms. The highest BCUT2D eigenvalue weighted by atomic mass is 16.2. The van der Waals surface area contributed by atoms with Crippen molar-refractivity contribution in [3.05, 3.63) is 35.9 Å². The average Bonchev–Trinajstić information content (AvgIpc) is 2.55. The van der Waals surface area contributed by atoms with Gasteiger partial charge >= 0.3 is 0 Å². The Kier molecular flexibility index (Phi) is 5.84. The van der Waals surface area contributed by atoms with Gasteiger partial charge in [-0.15, -0.1) is 0 Å². The third-order valence-electron chi connectivity index (χ3n) is 4.20. The largest absolute Gasteiger partial charge is 0.344 e. The SMILES string of the molecule is CC(C)[C@H](CC(=O)c1ccccc1)C(=O)NC1CCC(=O)NC1=O. The number of rotatable bonds is 6. The van der Waals surface area contributed by atoms with E-state index < -0.39 is 17.9 Å². The minimum absolute atomic E-state index is 0.0501. The molecule has 1 saturated heterocycles. The maximum atomic E-state index is 12.5. The van der Waals surface area contributed by atoms with Crippen molar-refractivity contribution in [3.8, 4) is 0 Å². The lowest BCUT2D eigenvalue weighted by atomic mass is 9.87. The summed E-state index contributed by atoms with van der Waals surface area (Å²) >= 11 is 0. The first-order valence-electron chi connectivity index (χ1n) is 8.10. The summed E-state index contributed by atoms with van der Waals surface area (Å²) in [6, 6.07) is 8.10. The van der Waals surface area contributed by atoms with Crippen molar-refractivity contribution >= 4 is 23.5 Å². The van der Waals surface area contributed by atoms with E-state index in [1.807, 2.05) is 19.9 Å². The smallest absolute Gasteiger partial charge is 0.249 e. The fourth-order valence-corrected chi connectivity index (χ4v) is 2.68. The molecule has 0 spiro atoms. The van der Waals surface area contributed by atoms with Gasteiger partial charge in [-0.25, -0.2) is 0 Å². The molecule has 2 atom stereocenters. The zero-order valence-electron chi connectivity index (χ0n) is 13.9. The Hall–Kier alpha value is -2.50. The number of Topliss-reactive ketones (excluding diaryl/α,β-unsaturated/α-hetero) is 1. The average molecular weight is 330 g/mol. The maximum Gasteiger partial charge on any atom is 0.249 e. The van der Waals surface area contributed by atoms with E-state index in [1.165, 1.54) is 0 Å². The molecule has 1 aromatic carbocycles. The van der Waals surface area contributed by atoms with Crippen LogP contribution in [0.1, 0.15) is 43.5 Å². The van der Waals surface area contributed by atoms with Crippen LogP contribution in [0.15, 0.2) is 30.3 Å². The summed E-state index contributed by atoms with van der Waals surface area (Å²) in [5.74, 6) is -1.83. The summed E-state index contributed by atoms with van der Waals surface area (Å²) in [7, 11) is 0. The van der Waals surface area contributed by atoms with Crippen LogP contribution in [0.25, 0.3) is 0 Å². The van der Waals surface area contributed by atoms with E-state index in [0.717, 1.165) is 0 Å². The minimum atomic E-state index is -0.719. The second kappa shape index (κ2) is 7.86. The predicted molar refractivity (Wildman–Crippen MR) is 88.0 cm³/mol. The second-order valence-corrected chi connectivity index (χ2v) is 6.36. The van der Waals surface area contributed by atoms with Crippen molar-refractivity contribution in [1.82, 2.24) is 10.6 Å². The molecular formula is C18H22N2O4. The molecule has 0 saturated carbocycles. The molecule has 1 aromatic rings. The zero-order chi connectivity index (χ0) is 17.7. The first-order chi connectivity index (χ1) is 11.4. The minimum Gasteiger partial charge on any atom is -0.344 e. The third kappa shape index (κ3) is 4.50. The number of hydrogen-bond donors (Lipinski definition) is 2. The number of benzene rings is 1. The van der Waals surface area contributed by atoms with Crippen LogP contribution < -0.4 is 10.6 Å². The molecule has 2 N–H and O–H groups in total. The molecule has 1 aliphatic heterocycles. The van der Waals surface area contributed by atoms with Crippen molar-refractivity contribution in [1.29, 1.82) is 0 Å². The highest BCUT2D eigenvalue weighted by molar-refractivity contribution is 6.02. The quantitative estimate of drug-likeness (QED) is 0.610. The summed E-state index contributed by atoms with van der Waals surface area (Å²) in [4.78, 5) is 47.8. The molecule has 6 heteroatoms. The monoisotopic (exact) mass is 330 g/mol. The van der Waals surface area contributed by atoms with Crippen molar-refractivity contribution in [2.24, 2.45) is 11.8 Å². The van der Waals surface area contributed by atoms with Crippen molar-refractivity contribution in [2.75, 3.05) is 0 Å². The molecule has 0 aromatic heterocycles. The summed E-state index contributed by atoms with van der Waals surface area (Å²) in [5, 5.41) is 4.88. The van der Waals surface area contributed by atoms with Crippen molar-refractivity contribution in [3.63, 3.8) is 0 Å². The summed E-state index contributed by atoms with van der Waals surface area (Å²) in [5.41, 5.74) is 0.567. The van der Waals surface area contributed by atoms with Gasteiger partial charge in [0, 0.05) is 24.3 Å². The Labute approximate surface area is 141 Å². The lowest BCUT2D eigenvalue weighted by Crippen LogP contribution is -2.53. The molecule has 1 heterocycles. The highest BCUT2D eigenvalue weighted by Crippen LogP contribution is 2.19. The van der Waals surface area contributed by atoms with Gasteiger partial charge in [-0.2, -0.15) is 0 Å². The van der Waals surface area contributed by atoms with Gasteiger partial charge in [0.1, 0.15) is 6.04 Å². The van der Waals surface area contributed by atoms with Crippen LogP contribution >= 0.6 is 0 Å². The van der Waals surface area contributed by atoms with E-state index in [-0.39, 0.29) is 42.8 Å². The van der Waals surface area contributed by atoms with Gasteiger partial charge in [0.25, 0.3) is 0 Å². The van der Waals surface area contributed by atoms with Crippen molar-refractivity contribution in [2.45, 2.75) is 39.2 Å². The number of carbonyl (C=O) groups excluding carboxylic acids is 4. The number of amides is 3. The van der Waals surface area contributed by atoms with Crippen LogP contribution in [-0.4, -0.2) is 29.5 Å². The van der Waals surface area contributed by atoms with Crippen LogP contribution in [-0.2, 0) is 14.4 Å². The highest BCUT2D eigenvalue weighted by Gasteiger charge is 2.32. The lowest BCUT2D eigenvalue weighted by Gasteiger charge is -2.26. The Morgan fingerprint density at radius 1 is 1.21 bits per heavy atom. The van der Waals surface area contributed by atoms with Crippen LogP contribution in [0, 0.1) is 11.8 Å². The van der Waals surface area contributed by atoms with Crippen LogP contribution in [0.4, 0.5) is 0 Å². The van der Waals surface area contributed by atoms with Gasteiger partial charge in [0.15, 0.2) is 5.78 Å². The van der Waals surface area contributed by atoms with Gasteiger partial charge < -0.3 is 5.32 Å². The molecular weight excluding hydrogens is 308 g/mol. The summed E-state index contributed by atoms with van der Waals surface area (Å²) in [6.45, 7) is 3.74. The molecule has 1 aliphatic rings. The molecule has 0 aliphatic carbocycles. The molecule has 3 amide bonds. The zero-order valence-corrected chi connectivity index (χ0v) is 13.9. The number of nitrogens with one attached hydrogen (secondary N) is 2. The Bertz CT molecular complexity index is 640. The molecule has 0 radical (unpaired) electrons. The van der Waals surface area contributed by atoms with E-state index in [1.54, 1.807) is 24.3 Å². The van der Waals surface area contributed by atoms with Crippen LogP contribution in [0.5, 0.6) is 0 Å².